The molecule has 0 aliphatic rings. The van der Waals surface area contributed by atoms with Gasteiger partial charge in [0.05, 0.1) is 11.7 Å². The molecule has 0 bridgehead atoms. The summed E-state index contributed by atoms with van der Waals surface area (Å²) in [6.07, 6.45) is 50.0. The van der Waals surface area contributed by atoms with Crippen molar-refractivity contribution in [2.75, 3.05) is 32.6 Å². The molecule has 70 heavy (non-hydrogen) atoms. The van der Waals surface area contributed by atoms with Crippen molar-refractivity contribution in [3.8, 4) is 5.88 Å². The molecule has 0 atom stereocenters. The fraction of sp³-hybridized carbons (Fsp3) is 0.797. The van der Waals surface area contributed by atoms with Crippen LogP contribution in [0.4, 0.5) is 0 Å². The second kappa shape index (κ2) is 42.1. The number of benzene rings is 1. The third kappa shape index (κ3) is 32.0. The van der Waals surface area contributed by atoms with Gasteiger partial charge in [-0.05, 0) is 50.5 Å². The summed E-state index contributed by atoms with van der Waals surface area (Å²) in [5.41, 5.74) is 3.02. The lowest BCUT2D eigenvalue weighted by Gasteiger charge is -2.36. The van der Waals surface area contributed by atoms with E-state index in [0.29, 0.717) is 38.7 Å². The lowest BCUT2D eigenvalue weighted by molar-refractivity contribution is 0.103. The summed E-state index contributed by atoms with van der Waals surface area (Å²) in [7, 11) is -4.23. The molecule has 0 amide bonds. The zero-order chi connectivity index (χ0) is 49.9. The highest BCUT2D eigenvalue weighted by Crippen LogP contribution is 2.39. The first-order valence-electron chi connectivity index (χ1n) is 29.3. The predicted octanol–water partition coefficient (Wildman–Crippen LogP) is 17.0. The average Bonchev–Trinajstić information content (AvgIpc) is 3.79. The zero-order valence-corrected chi connectivity index (χ0v) is 45.9. The highest BCUT2D eigenvalue weighted by atomic mass is 31.2. The van der Waals surface area contributed by atoms with E-state index in [1.807, 2.05) is 36.5 Å². The Morgan fingerprint density at radius 2 is 0.957 bits per heavy atom. The maximum Gasteiger partial charge on any atom is 0.325 e. The molecule has 0 spiro atoms. The second-order valence-electron chi connectivity index (χ2n) is 20.8. The first-order valence-corrected chi connectivity index (χ1v) is 31.1. The summed E-state index contributed by atoms with van der Waals surface area (Å²) in [6, 6.07) is 10.0. The Hall–Kier alpha value is -2.33. The maximum absolute atomic E-state index is 12.4. The van der Waals surface area contributed by atoms with Gasteiger partial charge in [0, 0.05) is 50.3 Å². The van der Waals surface area contributed by atoms with E-state index < -0.39 is 13.1 Å². The van der Waals surface area contributed by atoms with Crippen molar-refractivity contribution >= 4 is 18.6 Å². The number of unbranched alkanes of at least 4 members (excludes halogenated alkanes) is 30. The highest BCUT2D eigenvalue weighted by molar-refractivity contribution is 7.51. The van der Waals surface area contributed by atoms with Crippen molar-refractivity contribution in [3.05, 3.63) is 54.0 Å². The number of ether oxygens (including phenoxy) is 3. The van der Waals surface area contributed by atoms with Gasteiger partial charge in [-0.1, -0.05) is 237 Å². The third-order valence-electron chi connectivity index (χ3n) is 14.4. The van der Waals surface area contributed by atoms with Crippen LogP contribution >= 0.6 is 7.60 Å². The molecule has 0 aliphatic carbocycles. The van der Waals surface area contributed by atoms with Crippen molar-refractivity contribution in [2.24, 2.45) is 0 Å². The van der Waals surface area contributed by atoms with Crippen molar-refractivity contribution in [2.45, 2.75) is 270 Å². The quantitative estimate of drug-likeness (QED) is 0.0322. The molecular formula is C59H105N4O6P. The van der Waals surface area contributed by atoms with Gasteiger partial charge in [0.1, 0.15) is 18.5 Å². The number of fused-ring (bicyclic) bond motifs is 1. The molecular weight excluding hydrogens is 892 g/mol. The van der Waals surface area contributed by atoms with Gasteiger partial charge in [-0.15, -0.1) is 0 Å². The molecule has 2 heterocycles. The Morgan fingerprint density at radius 3 is 1.39 bits per heavy atom. The highest BCUT2D eigenvalue weighted by Gasteiger charge is 2.32. The van der Waals surface area contributed by atoms with Crippen LogP contribution < -0.4 is 10.1 Å². The fourth-order valence-electron chi connectivity index (χ4n) is 9.96. The first kappa shape index (κ1) is 62.0. The van der Waals surface area contributed by atoms with Crippen LogP contribution in [0.1, 0.15) is 263 Å². The molecule has 3 aromatic rings. The fourth-order valence-corrected chi connectivity index (χ4v) is 10.7. The van der Waals surface area contributed by atoms with Crippen LogP contribution in [-0.2, 0) is 27.2 Å². The summed E-state index contributed by atoms with van der Waals surface area (Å²) < 4.78 is 30.9. The van der Waals surface area contributed by atoms with E-state index in [2.05, 4.69) is 34.1 Å². The molecule has 402 valence electrons. The van der Waals surface area contributed by atoms with Crippen LogP contribution in [0, 0.1) is 0 Å². The summed E-state index contributed by atoms with van der Waals surface area (Å²) in [4.78, 5) is 32.6. The van der Waals surface area contributed by atoms with Gasteiger partial charge in [-0.2, -0.15) is 4.98 Å². The van der Waals surface area contributed by atoms with Crippen LogP contribution in [0.5, 0.6) is 5.88 Å². The minimum atomic E-state index is -4.23. The molecule has 0 aliphatic heterocycles. The Labute approximate surface area is 428 Å². The molecule has 0 fully saturated rings. The minimum absolute atomic E-state index is 0.173. The summed E-state index contributed by atoms with van der Waals surface area (Å²) in [5.74, 6) is 0.496. The molecule has 1 aromatic carbocycles. The van der Waals surface area contributed by atoms with Crippen LogP contribution in [0.15, 0.2) is 42.9 Å². The number of H-pyrrole nitrogens is 1. The van der Waals surface area contributed by atoms with Gasteiger partial charge in [-0.3, -0.25) is 4.57 Å². The van der Waals surface area contributed by atoms with Gasteiger partial charge in [0.2, 0.25) is 5.88 Å². The zero-order valence-electron chi connectivity index (χ0n) is 45.0. The van der Waals surface area contributed by atoms with Gasteiger partial charge < -0.3 is 34.3 Å². The van der Waals surface area contributed by atoms with Gasteiger partial charge in [0.15, 0.2) is 0 Å². The molecule has 4 N–H and O–H groups in total. The Bertz CT molecular complexity index is 1630. The Kier molecular flexibility index (Phi) is 37.2. The van der Waals surface area contributed by atoms with Gasteiger partial charge in [0.25, 0.3) is 0 Å². The molecule has 0 unspecified atom stereocenters. The maximum atomic E-state index is 12.4. The summed E-state index contributed by atoms with van der Waals surface area (Å²) >= 11 is 0. The SMILES string of the molecule is CCCCCCCCCCCCCCCCCCOCCCC(CCCOCCCCCCCCCCCCCCCCCC)(CCP(=O)(O)O)NCc1c[nH]c2c(OCc3ccccc3)ncnc12. The van der Waals surface area contributed by atoms with Crippen LogP contribution in [0.2, 0.25) is 0 Å². The molecule has 11 heteroatoms. The minimum Gasteiger partial charge on any atom is -0.471 e. The van der Waals surface area contributed by atoms with Crippen LogP contribution in [0.25, 0.3) is 11.0 Å². The average molecular weight is 997 g/mol. The third-order valence-corrected chi connectivity index (χ3v) is 15.2. The van der Waals surface area contributed by atoms with E-state index in [9.17, 15) is 14.4 Å². The van der Waals surface area contributed by atoms with Crippen LogP contribution in [0.3, 0.4) is 0 Å². The molecule has 2 aromatic heterocycles. The number of hydrogen-bond donors (Lipinski definition) is 4. The van der Waals surface area contributed by atoms with Crippen molar-refractivity contribution in [3.63, 3.8) is 0 Å². The Morgan fingerprint density at radius 1 is 0.543 bits per heavy atom. The van der Waals surface area contributed by atoms with E-state index in [1.54, 1.807) is 0 Å². The lowest BCUT2D eigenvalue weighted by atomic mass is 9.85. The largest absolute Gasteiger partial charge is 0.471 e. The predicted molar refractivity (Wildman–Crippen MR) is 295 cm³/mol. The standard InChI is InChI=1S/C59H105N4O6P/c1-3-5-7-9-11-13-15-17-19-21-23-25-27-29-31-36-45-67-47-38-42-59(44-49-70(64,65)66,43-39-48-68-46-37-32-30-28-26-24-22-20-18-16-14-12-10-8-6-4-2)63-51-55-50-60-57-56(55)61-53-62-58(57)69-52-54-40-34-33-35-41-54/h33-35,40-41,50,53,60,63H,3-32,36-39,42-49,51-52H2,1-2H3,(H2,64,65,66). The molecule has 0 saturated carbocycles. The molecule has 3 rings (SSSR count). The van der Waals surface area contributed by atoms with E-state index in [4.69, 9.17) is 14.2 Å². The smallest absolute Gasteiger partial charge is 0.325 e. The normalized spacial score (nSPS) is 12.2. The number of nitrogens with zero attached hydrogens (tertiary/aromatic N) is 2. The topological polar surface area (TPSA) is 139 Å². The second-order valence-corrected chi connectivity index (χ2v) is 22.6. The van der Waals surface area contributed by atoms with Crippen LogP contribution in [-0.4, -0.2) is 62.9 Å². The number of aromatic amines is 1. The van der Waals surface area contributed by atoms with E-state index in [1.165, 1.54) is 199 Å². The van der Waals surface area contributed by atoms with E-state index in [0.717, 1.165) is 73.9 Å². The Balaban J connectivity index is 1.41. The van der Waals surface area contributed by atoms with Crippen molar-refractivity contribution in [1.29, 1.82) is 0 Å². The number of hydrogen-bond acceptors (Lipinski definition) is 7. The number of rotatable bonds is 51. The first-order chi connectivity index (χ1) is 34.4. The lowest BCUT2D eigenvalue weighted by Crippen LogP contribution is -2.46. The van der Waals surface area contributed by atoms with Gasteiger partial charge in [-0.25, -0.2) is 4.98 Å². The van der Waals surface area contributed by atoms with E-state index in [-0.39, 0.29) is 6.16 Å². The number of nitrogens with one attached hydrogen (secondary N) is 2. The number of aromatic nitrogens is 3. The van der Waals surface area contributed by atoms with Crippen molar-refractivity contribution < 1.29 is 28.6 Å². The van der Waals surface area contributed by atoms with E-state index >= 15 is 0 Å². The molecule has 10 nitrogen and oxygen atoms in total. The summed E-state index contributed by atoms with van der Waals surface area (Å²) in [6.45, 7) is 8.25. The monoisotopic (exact) mass is 997 g/mol. The van der Waals surface area contributed by atoms with Gasteiger partial charge >= 0.3 is 7.60 Å². The van der Waals surface area contributed by atoms with Crippen molar-refractivity contribution in [1.82, 2.24) is 20.3 Å². The summed E-state index contributed by atoms with van der Waals surface area (Å²) in [5, 5.41) is 3.82. The molecule has 0 radical (unpaired) electrons. The molecule has 0 saturated heterocycles.